The SMILES string of the molecule is BCC.Cl.Cl.Cl. The van der Waals surface area contributed by atoms with E-state index in [1.54, 1.807) is 0 Å². The summed E-state index contributed by atoms with van der Waals surface area (Å²) in [7, 11) is 2.12. The van der Waals surface area contributed by atoms with E-state index in [-0.39, 0.29) is 37.2 Å². The molecule has 6 heavy (non-hydrogen) atoms. The first-order valence-electron chi connectivity index (χ1n) is 1.41. The highest BCUT2D eigenvalue weighted by Gasteiger charge is 1.38. The van der Waals surface area contributed by atoms with E-state index in [0.29, 0.717) is 0 Å². The third-order valence-corrected chi connectivity index (χ3v) is 0. The van der Waals surface area contributed by atoms with Gasteiger partial charge >= 0.3 is 0 Å². The highest BCUT2D eigenvalue weighted by molar-refractivity contribution is 6.08. The maximum atomic E-state index is 2.12. The molecule has 0 bridgehead atoms. The largest absolute Gasteiger partial charge is 0.147 e. The van der Waals surface area contributed by atoms with E-state index >= 15 is 0 Å². The van der Waals surface area contributed by atoms with Crippen LogP contribution < -0.4 is 0 Å². The Morgan fingerprint density at radius 1 is 1.17 bits per heavy atom. The minimum absolute atomic E-state index is 0. The lowest BCUT2D eigenvalue weighted by Gasteiger charge is -1.45. The molecule has 0 aromatic rings. The van der Waals surface area contributed by atoms with Gasteiger partial charge in [0.2, 0.25) is 0 Å². The summed E-state index contributed by atoms with van der Waals surface area (Å²) in [6.07, 6.45) is 1.25. The molecule has 0 nitrogen and oxygen atoms in total. The summed E-state index contributed by atoms with van der Waals surface area (Å²) >= 11 is 0. The lowest BCUT2D eigenvalue weighted by molar-refractivity contribution is 1.48. The van der Waals surface area contributed by atoms with Gasteiger partial charge < -0.3 is 0 Å². The van der Waals surface area contributed by atoms with Crippen molar-refractivity contribution in [1.29, 1.82) is 0 Å². The molecule has 0 saturated carbocycles. The lowest BCUT2D eigenvalue weighted by atomic mass is 10.1. The summed E-state index contributed by atoms with van der Waals surface area (Å²) < 4.78 is 0. The van der Waals surface area contributed by atoms with Gasteiger partial charge in [-0.05, 0) is 0 Å². The minimum atomic E-state index is 0. The van der Waals surface area contributed by atoms with Crippen LogP contribution in [0.25, 0.3) is 0 Å². The quantitative estimate of drug-likeness (QED) is 0.458. The standard InChI is InChI=1S/C2H7B.3ClH/c1-2-3;;;/h2-3H2,1H3;3*1H. The van der Waals surface area contributed by atoms with Crippen LogP contribution in [0, 0.1) is 0 Å². The molecule has 42 valence electrons. The van der Waals surface area contributed by atoms with Crippen LogP contribution in [0.1, 0.15) is 6.92 Å². The normalized spacial score (nSPS) is 2.83. The molecule has 0 aromatic carbocycles. The Labute approximate surface area is 58.7 Å². The van der Waals surface area contributed by atoms with Gasteiger partial charge in [0.1, 0.15) is 7.85 Å². The summed E-state index contributed by atoms with van der Waals surface area (Å²) in [5, 5.41) is 0. The predicted octanol–water partition coefficient (Wildman–Crippen LogP) is 1.32. The Morgan fingerprint density at radius 2 is 1.17 bits per heavy atom. The van der Waals surface area contributed by atoms with Crippen LogP contribution >= 0.6 is 37.2 Å². The van der Waals surface area contributed by atoms with Gasteiger partial charge in [-0.3, -0.25) is 0 Å². The van der Waals surface area contributed by atoms with Crippen molar-refractivity contribution in [2.24, 2.45) is 0 Å². The van der Waals surface area contributed by atoms with Gasteiger partial charge in [0.25, 0.3) is 0 Å². The molecule has 0 aliphatic heterocycles. The van der Waals surface area contributed by atoms with Gasteiger partial charge in [0.15, 0.2) is 0 Å². The molecule has 0 atom stereocenters. The van der Waals surface area contributed by atoms with Crippen LogP contribution in [0.5, 0.6) is 0 Å². The molecule has 0 amide bonds. The van der Waals surface area contributed by atoms with Gasteiger partial charge in [-0.2, -0.15) is 0 Å². The van der Waals surface area contributed by atoms with Crippen molar-refractivity contribution in [1.82, 2.24) is 0 Å². The third-order valence-electron chi connectivity index (χ3n) is 0. The first-order valence-corrected chi connectivity index (χ1v) is 1.41. The van der Waals surface area contributed by atoms with E-state index < -0.39 is 0 Å². The molecular formula is C2H10BCl3. The molecule has 0 aliphatic carbocycles. The number of rotatable bonds is 0. The fraction of sp³-hybridized carbons (Fsp3) is 1.00. The topological polar surface area (TPSA) is 0 Å². The van der Waals surface area contributed by atoms with Gasteiger partial charge in [-0.15, -0.1) is 37.2 Å². The summed E-state index contributed by atoms with van der Waals surface area (Å²) in [4.78, 5) is 0. The van der Waals surface area contributed by atoms with Crippen LogP contribution in [0.15, 0.2) is 0 Å². The maximum absolute atomic E-state index is 2.12. The van der Waals surface area contributed by atoms with Crippen molar-refractivity contribution in [2.45, 2.75) is 13.2 Å². The molecule has 0 aromatic heterocycles. The molecule has 0 spiro atoms. The fourth-order valence-electron chi connectivity index (χ4n) is 0. The van der Waals surface area contributed by atoms with Crippen molar-refractivity contribution in [2.75, 3.05) is 0 Å². The number of hydrogen-bond acceptors (Lipinski definition) is 0. The molecule has 0 radical (unpaired) electrons. The van der Waals surface area contributed by atoms with Crippen molar-refractivity contribution in [3.05, 3.63) is 0 Å². The smallest absolute Gasteiger partial charge is 0.101 e. The number of hydrogen-bond donors (Lipinski definition) is 0. The van der Waals surface area contributed by atoms with Crippen molar-refractivity contribution in [3.63, 3.8) is 0 Å². The first kappa shape index (κ1) is 28.4. The highest BCUT2D eigenvalue weighted by atomic mass is 35.5. The first-order chi connectivity index (χ1) is 1.41. The van der Waals surface area contributed by atoms with Crippen LogP contribution in [0.3, 0.4) is 0 Å². The van der Waals surface area contributed by atoms with E-state index in [1.807, 2.05) is 0 Å². The lowest BCUT2D eigenvalue weighted by Crippen LogP contribution is -1.41. The van der Waals surface area contributed by atoms with E-state index in [4.69, 9.17) is 0 Å². The highest BCUT2D eigenvalue weighted by Crippen LogP contribution is 1.49. The molecular weight excluding hydrogens is 141 g/mol. The summed E-state index contributed by atoms with van der Waals surface area (Å²) in [5.41, 5.74) is 0. The third kappa shape index (κ3) is 87.4. The Morgan fingerprint density at radius 3 is 1.17 bits per heavy atom. The molecule has 0 unspecified atom stereocenters. The zero-order chi connectivity index (χ0) is 2.71. The molecule has 0 aliphatic rings. The molecule has 0 fully saturated rings. The van der Waals surface area contributed by atoms with Gasteiger partial charge in [-0.25, -0.2) is 0 Å². The van der Waals surface area contributed by atoms with Crippen LogP contribution in [0.2, 0.25) is 6.32 Å². The molecule has 0 N–H and O–H groups in total. The Bertz CT molecular complexity index is 8.75. The summed E-state index contributed by atoms with van der Waals surface area (Å²) in [6, 6.07) is 0. The van der Waals surface area contributed by atoms with Crippen LogP contribution in [-0.4, -0.2) is 7.85 Å². The van der Waals surface area contributed by atoms with Gasteiger partial charge in [0.05, 0.1) is 0 Å². The van der Waals surface area contributed by atoms with Crippen molar-refractivity contribution >= 4 is 45.1 Å². The average molecular weight is 151 g/mol. The van der Waals surface area contributed by atoms with Gasteiger partial charge in [0, 0.05) is 0 Å². The molecule has 0 saturated heterocycles. The van der Waals surface area contributed by atoms with Gasteiger partial charge in [-0.1, -0.05) is 13.2 Å². The maximum Gasteiger partial charge on any atom is 0.101 e. The molecule has 4 heteroatoms. The predicted molar refractivity (Wildman–Crippen MR) is 40.8 cm³/mol. The number of halogens is 3. The zero-order valence-corrected chi connectivity index (χ0v) is 6.38. The summed E-state index contributed by atoms with van der Waals surface area (Å²) in [6.45, 7) is 2.12. The molecule has 0 heterocycles. The monoisotopic (exact) mass is 150 g/mol. The average Bonchev–Trinajstić information content (AvgIpc) is 0.918. The van der Waals surface area contributed by atoms with E-state index in [9.17, 15) is 0 Å². The fourth-order valence-corrected chi connectivity index (χ4v) is 0. The van der Waals surface area contributed by atoms with E-state index in [2.05, 4.69) is 14.8 Å². The van der Waals surface area contributed by atoms with Crippen molar-refractivity contribution in [3.8, 4) is 0 Å². The Hall–Kier alpha value is 0.935. The second kappa shape index (κ2) is 38.6. The minimum Gasteiger partial charge on any atom is -0.147 e. The van der Waals surface area contributed by atoms with Crippen LogP contribution in [-0.2, 0) is 0 Å². The Kier molecular flexibility index (Phi) is 182. The Balaban J connectivity index is -0.00000000667. The van der Waals surface area contributed by atoms with E-state index in [1.165, 1.54) is 6.32 Å². The zero-order valence-electron chi connectivity index (χ0n) is 3.93. The second-order valence-electron chi connectivity index (χ2n) is 0.707. The van der Waals surface area contributed by atoms with E-state index in [0.717, 1.165) is 0 Å². The second-order valence-corrected chi connectivity index (χ2v) is 0.707. The van der Waals surface area contributed by atoms with Crippen LogP contribution in [0.4, 0.5) is 0 Å². The van der Waals surface area contributed by atoms with Crippen molar-refractivity contribution < 1.29 is 0 Å². The summed E-state index contributed by atoms with van der Waals surface area (Å²) in [5.74, 6) is 0. The molecule has 0 rings (SSSR count).